The number of hydrogen-bond acceptors (Lipinski definition) is 0. The van der Waals surface area contributed by atoms with E-state index in [9.17, 15) is 0 Å². The van der Waals surface area contributed by atoms with Crippen molar-refractivity contribution >= 4 is 0 Å². The smallest absolute Gasteiger partial charge is 0.00472 e. The molecule has 0 saturated carbocycles. The minimum Gasteiger partial charge on any atom is -0.0645 e. The molecule has 0 unspecified atom stereocenters. The minimum atomic E-state index is 0.158. The van der Waals surface area contributed by atoms with Crippen LogP contribution >= 0.6 is 0 Å². The van der Waals surface area contributed by atoms with E-state index >= 15 is 0 Å². The van der Waals surface area contributed by atoms with Gasteiger partial charge < -0.3 is 0 Å². The Morgan fingerprint density at radius 1 is 0.538 bits per heavy atom. The molecule has 142 valence electrons. The number of aryl methyl sites for hydroxylation is 2. The molecule has 0 radical (unpaired) electrons. The summed E-state index contributed by atoms with van der Waals surface area (Å²) in [6, 6.07) is 13.8. The highest BCUT2D eigenvalue weighted by Gasteiger charge is 2.50. The molecule has 0 fully saturated rings. The van der Waals surface area contributed by atoms with E-state index in [0.717, 1.165) is 0 Å². The summed E-state index contributed by atoms with van der Waals surface area (Å²) in [6.45, 7) is 18.8. The Balaban J connectivity index is 2.91. The summed E-state index contributed by atoms with van der Waals surface area (Å²) >= 11 is 0. The van der Waals surface area contributed by atoms with Gasteiger partial charge in [0.25, 0.3) is 0 Å². The molecule has 0 N–H and O–H groups in total. The Morgan fingerprint density at radius 2 is 0.846 bits per heavy atom. The summed E-state index contributed by atoms with van der Waals surface area (Å²) < 4.78 is 0. The highest BCUT2D eigenvalue weighted by Crippen LogP contribution is 2.55. The van der Waals surface area contributed by atoms with Gasteiger partial charge in [-0.05, 0) is 86.8 Å². The molecule has 26 heavy (non-hydrogen) atoms. The third kappa shape index (κ3) is 2.92. The van der Waals surface area contributed by atoms with E-state index in [4.69, 9.17) is 0 Å². The van der Waals surface area contributed by atoms with Crippen LogP contribution in [0.25, 0.3) is 0 Å². The maximum Gasteiger partial charge on any atom is 0.00472 e. The van der Waals surface area contributed by atoms with Gasteiger partial charge >= 0.3 is 0 Å². The fourth-order valence-electron chi connectivity index (χ4n) is 5.67. The number of benzene rings is 2. The van der Waals surface area contributed by atoms with Crippen LogP contribution in [-0.4, -0.2) is 0 Å². The van der Waals surface area contributed by atoms with Crippen molar-refractivity contribution in [1.82, 2.24) is 0 Å². The van der Waals surface area contributed by atoms with Crippen LogP contribution in [0.3, 0.4) is 0 Å². The van der Waals surface area contributed by atoms with Crippen molar-refractivity contribution < 1.29 is 0 Å². The summed E-state index contributed by atoms with van der Waals surface area (Å²) in [5, 5.41) is 0. The van der Waals surface area contributed by atoms with E-state index in [-0.39, 0.29) is 10.8 Å². The highest BCUT2D eigenvalue weighted by molar-refractivity contribution is 5.48. The molecule has 0 saturated heterocycles. The molecule has 2 aromatic carbocycles. The van der Waals surface area contributed by atoms with Crippen LogP contribution in [0.4, 0.5) is 0 Å². The molecule has 2 rings (SSSR count). The van der Waals surface area contributed by atoms with Crippen molar-refractivity contribution in [3.05, 3.63) is 69.8 Å². The number of hydrogen-bond donors (Lipinski definition) is 0. The molecule has 0 amide bonds. The minimum absolute atomic E-state index is 0.158. The first-order chi connectivity index (χ1) is 12.3. The van der Waals surface area contributed by atoms with Crippen molar-refractivity contribution in [3.8, 4) is 0 Å². The molecule has 0 bridgehead atoms. The van der Waals surface area contributed by atoms with Crippen LogP contribution in [-0.2, 0) is 10.8 Å². The lowest BCUT2D eigenvalue weighted by Gasteiger charge is -2.52. The quantitative estimate of drug-likeness (QED) is 0.479. The average molecular weight is 351 g/mol. The van der Waals surface area contributed by atoms with E-state index < -0.39 is 0 Å². The summed E-state index contributed by atoms with van der Waals surface area (Å²) in [7, 11) is 0. The first-order valence-corrected chi connectivity index (χ1v) is 10.5. The Bertz CT molecular complexity index is 677. The maximum absolute atomic E-state index is 2.40. The number of rotatable bonds is 7. The Hall–Kier alpha value is -1.56. The van der Waals surface area contributed by atoms with Crippen LogP contribution in [0.15, 0.2) is 36.4 Å². The monoisotopic (exact) mass is 350 g/mol. The zero-order chi connectivity index (χ0) is 19.5. The maximum atomic E-state index is 2.40. The molecule has 0 nitrogen and oxygen atoms in total. The van der Waals surface area contributed by atoms with Crippen molar-refractivity contribution in [2.24, 2.45) is 0 Å². The summed E-state index contributed by atoms with van der Waals surface area (Å²) in [5.74, 6) is 0. The third-order valence-corrected chi connectivity index (χ3v) is 7.57. The molecule has 0 spiro atoms. The lowest BCUT2D eigenvalue weighted by atomic mass is 9.51. The van der Waals surface area contributed by atoms with Crippen LogP contribution in [0.2, 0.25) is 0 Å². The average Bonchev–Trinajstić information content (AvgIpc) is 2.65. The normalized spacial score (nSPS) is 12.5. The van der Waals surface area contributed by atoms with Gasteiger partial charge in [0.2, 0.25) is 0 Å². The summed E-state index contributed by atoms with van der Waals surface area (Å²) in [5.41, 5.74) is 9.22. The molecule has 0 aromatic heterocycles. The van der Waals surface area contributed by atoms with Crippen LogP contribution < -0.4 is 0 Å². The van der Waals surface area contributed by atoms with Crippen LogP contribution in [0.1, 0.15) is 86.8 Å². The van der Waals surface area contributed by atoms with Crippen molar-refractivity contribution in [2.45, 2.75) is 91.9 Å². The zero-order valence-corrected chi connectivity index (χ0v) is 18.3. The Kier molecular flexibility index (Phi) is 6.37. The molecular weight excluding hydrogens is 312 g/mol. The molecule has 0 heteroatoms. The van der Waals surface area contributed by atoms with E-state index in [1.807, 2.05) is 0 Å². The fourth-order valence-corrected chi connectivity index (χ4v) is 5.67. The van der Waals surface area contributed by atoms with Crippen LogP contribution in [0.5, 0.6) is 0 Å². The fraction of sp³-hybridized carbons (Fsp3) is 0.538. The second-order valence-electron chi connectivity index (χ2n) is 8.07. The molecule has 2 aromatic rings. The van der Waals surface area contributed by atoms with Crippen molar-refractivity contribution in [2.75, 3.05) is 0 Å². The molecule has 0 atom stereocenters. The molecule has 0 aliphatic rings. The van der Waals surface area contributed by atoms with E-state index in [1.165, 1.54) is 47.9 Å². The lowest BCUT2D eigenvalue weighted by molar-refractivity contribution is 0.175. The predicted molar refractivity (Wildman–Crippen MR) is 116 cm³/mol. The van der Waals surface area contributed by atoms with Gasteiger partial charge in [-0.2, -0.15) is 0 Å². The van der Waals surface area contributed by atoms with Gasteiger partial charge in [0.1, 0.15) is 0 Å². The Morgan fingerprint density at radius 3 is 1.12 bits per heavy atom. The first-order valence-electron chi connectivity index (χ1n) is 10.5. The Labute approximate surface area is 162 Å². The second kappa shape index (κ2) is 7.99. The van der Waals surface area contributed by atoms with Crippen molar-refractivity contribution in [3.63, 3.8) is 0 Å². The molecule has 0 heterocycles. The van der Waals surface area contributed by atoms with Gasteiger partial charge in [0.05, 0.1) is 0 Å². The van der Waals surface area contributed by atoms with Gasteiger partial charge in [-0.15, -0.1) is 0 Å². The van der Waals surface area contributed by atoms with E-state index in [0.29, 0.717) is 0 Å². The van der Waals surface area contributed by atoms with Gasteiger partial charge in [-0.1, -0.05) is 64.1 Å². The van der Waals surface area contributed by atoms with E-state index in [1.54, 1.807) is 11.1 Å². The van der Waals surface area contributed by atoms with Gasteiger partial charge in [-0.3, -0.25) is 0 Å². The standard InChI is InChI=1S/C26H38/c1-9-25(10-2,23-17-13-15-19(5)21(23)7)26(11-3,12-4)24-18-14-16-20(6)22(24)8/h13-18H,9-12H2,1-8H3. The highest BCUT2D eigenvalue weighted by atomic mass is 14.5. The molecular formula is C26H38. The summed E-state index contributed by atoms with van der Waals surface area (Å²) in [4.78, 5) is 0. The van der Waals surface area contributed by atoms with Gasteiger partial charge in [0.15, 0.2) is 0 Å². The molecule has 0 aliphatic carbocycles. The lowest BCUT2D eigenvalue weighted by Crippen LogP contribution is -2.49. The SMILES string of the molecule is CCC(CC)(c1cccc(C)c1C)C(CC)(CC)c1cccc(C)c1C. The first kappa shape index (κ1) is 20.7. The van der Waals surface area contributed by atoms with Gasteiger partial charge in [-0.25, -0.2) is 0 Å². The largest absolute Gasteiger partial charge is 0.0645 e. The zero-order valence-electron chi connectivity index (χ0n) is 18.3. The van der Waals surface area contributed by atoms with Crippen molar-refractivity contribution in [1.29, 1.82) is 0 Å². The van der Waals surface area contributed by atoms with Gasteiger partial charge in [0, 0.05) is 10.8 Å². The predicted octanol–water partition coefficient (Wildman–Crippen LogP) is 7.74. The summed E-state index contributed by atoms with van der Waals surface area (Å²) in [6.07, 6.45) is 4.68. The third-order valence-electron chi connectivity index (χ3n) is 7.57. The topological polar surface area (TPSA) is 0 Å². The second-order valence-corrected chi connectivity index (χ2v) is 8.07. The molecule has 0 aliphatic heterocycles. The van der Waals surface area contributed by atoms with Crippen LogP contribution in [0, 0.1) is 27.7 Å². The van der Waals surface area contributed by atoms with E-state index in [2.05, 4.69) is 91.8 Å².